The predicted molar refractivity (Wildman–Crippen MR) is 118 cm³/mol. The number of hydrogen-bond donors (Lipinski definition) is 1. The normalized spacial score (nSPS) is 20.9. The van der Waals surface area contributed by atoms with Crippen molar-refractivity contribution in [2.75, 3.05) is 23.4 Å². The zero-order valence-electron chi connectivity index (χ0n) is 17.6. The van der Waals surface area contributed by atoms with Crippen LogP contribution in [0.25, 0.3) is 0 Å². The van der Waals surface area contributed by atoms with Gasteiger partial charge in [0.2, 0.25) is 11.8 Å². The minimum atomic E-state index is -0.429. The van der Waals surface area contributed by atoms with Crippen LogP contribution >= 0.6 is 0 Å². The molecule has 2 aromatic carbocycles. The minimum absolute atomic E-state index is 0.0934. The quantitative estimate of drug-likeness (QED) is 0.763. The minimum Gasteiger partial charge on any atom is -0.494 e. The molecule has 31 heavy (non-hydrogen) atoms. The second-order valence-electron chi connectivity index (χ2n) is 7.88. The fourth-order valence-corrected chi connectivity index (χ4v) is 4.46. The number of fused-ring (bicyclic) bond motifs is 1. The molecule has 7 heteroatoms. The molecule has 2 aromatic rings. The number of carbonyl (C=O) groups is 3. The summed E-state index contributed by atoms with van der Waals surface area (Å²) in [5.74, 6) is 0.00645. The lowest BCUT2D eigenvalue weighted by molar-refractivity contribution is -0.128. The highest BCUT2D eigenvalue weighted by Gasteiger charge is 2.47. The van der Waals surface area contributed by atoms with E-state index < -0.39 is 6.03 Å². The van der Waals surface area contributed by atoms with Gasteiger partial charge in [0.25, 0.3) is 0 Å². The Morgan fingerprint density at radius 3 is 2.45 bits per heavy atom. The lowest BCUT2D eigenvalue weighted by Gasteiger charge is -2.46. The maximum atomic E-state index is 13.3. The zero-order valence-corrected chi connectivity index (χ0v) is 17.6. The summed E-state index contributed by atoms with van der Waals surface area (Å²) < 4.78 is 5.42. The van der Waals surface area contributed by atoms with Gasteiger partial charge in [-0.15, -0.1) is 0 Å². The van der Waals surface area contributed by atoms with Crippen molar-refractivity contribution in [2.24, 2.45) is 5.92 Å². The van der Waals surface area contributed by atoms with Crippen LogP contribution in [-0.4, -0.2) is 41.9 Å². The maximum absolute atomic E-state index is 13.3. The highest BCUT2D eigenvalue weighted by atomic mass is 16.5. The lowest BCUT2D eigenvalue weighted by Crippen LogP contribution is -2.64. The molecule has 1 saturated carbocycles. The largest absolute Gasteiger partial charge is 0.494 e. The predicted octanol–water partition coefficient (Wildman–Crippen LogP) is 4.05. The summed E-state index contributed by atoms with van der Waals surface area (Å²) in [6, 6.07) is 15.4. The van der Waals surface area contributed by atoms with E-state index in [2.05, 4.69) is 5.32 Å². The number of para-hydroxylation sites is 1. The zero-order chi connectivity index (χ0) is 21.8. The van der Waals surface area contributed by atoms with Crippen LogP contribution in [0.3, 0.4) is 0 Å². The molecule has 0 aromatic heterocycles. The van der Waals surface area contributed by atoms with Gasteiger partial charge in [-0.25, -0.2) is 9.69 Å². The Hall–Kier alpha value is -3.35. The third-order valence-corrected chi connectivity index (χ3v) is 5.88. The van der Waals surface area contributed by atoms with Crippen LogP contribution in [0.4, 0.5) is 16.2 Å². The van der Waals surface area contributed by atoms with Gasteiger partial charge < -0.3 is 15.0 Å². The SMILES string of the molecule is CCOc1ccc(NC(=O)CN2C(=O)N(c3ccccc3)C(=O)C3CCCCC32)cc1. The molecule has 1 saturated heterocycles. The summed E-state index contributed by atoms with van der Waals surface area (Å²) >= 11 is 0. The summed E-state index contributed by atoms with van der Waals surface area (Å²) in [6.45, 7) is 2.39. The van der Waals surface area contributed by atoms with E-state index in [1.165, 1.54) is 4.90 Å². The van der Waals surface area contributed by atoms with Gasteiger partial charge in [0, 0.05) is 11.7 Å². The first-order valence-corrected chi connectivity index (χ1v) is 10.8. The molecular weight excluding hydrogens is 394 g/mol. The smallest absolute Gasteiger partial charge is 0.332 e. The van der Waals surface area contributed by atoms with Crippen LogP contribution in [0.15, 0.2) is 54.6 Å². The van der Waals surface area contributed by atoms with Crippen molar-refractivity contribution in [3.63, 3.8) is 0 Å². The Bertz CT molecular complexity index is 945. The number of benzene rings is 2. The van der Waals surface area contributed by atoms with E-state index in [1.807, 2.05) is 13.0 Å². The van der Waals surface area contributed by atoms with Gasteiger partial charge in [-0.2, -0.15) is 0 Å². The summed E-state index contributed by atoms with van der Waals surface area (Å²) in [7, 11) is 0. The Labute approximate surface area is 182 Å². The van der Waals surface area contributed by atoms with Crippen LogP contribution in [0.5, 0.6) is 5.75 Å². The number of amides is 4. The second kappa shape index (κ2) is 9.20. The highest BCUT2D eigenvalue weighted by molar-refractivity contribution is 6.17. The molecule has 0 spiro atoms. The number of imide groups is 1. The van der Waals surface area contributed by atoms with Gasteiger partial charge in [-0.1, -0.05) is 31.0 Å². The number of anilines is 2. The van der Waals surface area contributed by atoms with Gasteiger partial charge in [-0.05, 0) is 56.2 Å². The molecule has 2 unspecified atom stereocenters. The number of ether oxygens (including phenoxy) is 1. The first-order valence-electron chi connectivity index (χ1n) is 10.8. The van der Waals surface area contributed by atoms with Crippen molar-refractivity contribution in [1.82, 2.24) is 4.90 Å². The highest BCUT2D eigenvalue weighted by Crippen LogP contribution is 2.36. The molecule has 0 radical (unpaired) electrons. The first kappa shape index (κ1) is 20.9. The summed E-state index contributed by atoms with van der Waals surface area (Å²) in [4.78, 5) is 42.1. The van der Waals surface area contributed by atoms with Gasteiger partial charge in [0.1, 0.15) is 12.3 Å². The fraction of sp³-hybridized carbons (Fsp3) is 0.375. The lowest BCUT2D eigenvalue weighted by atomic mass is 9.81. The molecule has 0 bridgehead atoms. The van der Waals surface area contributed by atoms with Crippen LogP contribution < -0.4 is 15.0 Å². The molecule has 4 amide bonds. The first-order chi connectivity index (χ1) is 15.1. The second-order valence-corrected chi connectivity index (χ2v) is 7.88. The van der Waals surface area contributed by atoms with Crippen LogP contribution in [0.2, 0.25) is 0 Å². The van der Waals surface area contributed by atoms with Crippen LogP contribution in [0, 0.1) is 5.92 Å². The standard InChI is InChI=1S/C24H27N3O4/c1-2-31-19-14-12-17(13-15-19)25-22(28)16-26-21-11-7-6-10-20(21)23(29)27(24(26)30)18-8-4-3-5-9-18/h3-5,8-9,12-15,20-21H,2,6-7,10-11,16H2,1H3,(H,25,28). The van der Waals surface area contributed by atoms with Crippen molar-refractivity contribution in [2.45, 2.75) is 38.6 Å². The molecule has 1 heterocycles. The summed E-state index contributed by atoms with van der Waals surface area (Å²) in [5, 5.41) is 2.85. The van der Waals surface area contributed by atoms with E-state index in [0.29, 0.717) is 18.0 Å². The topological polar surface area (TPSA) is 79.0 Å². The third-order valence-electron chi connectivity index (χ3n) is 5.88. The number of nitrogens with one attached hydrogen (secondary N) is 1. The summed E-state index contributed by atoms with van der Waals surface area (Å²) in [5.41, 5.74) is 1.17. The van der Waals surface area contributed by atoms with Gasteiger partial charge in [0.05, 0.1) is 18.2 Å². The van der Waals surface area contributed by atoms with Crippen molar-refractivity contribution in [3.8, 4) is 5.75 Å². The molecule has 162 valence electrons. The fourth-order valence-electron chi connectivity index (χ4n) is 4.46. The number of carbonyl (C=O) groups excluding carboxylic acids is 3. The van der Waals surface area contributed by atoms with E-state index in [-0.39, 0.29) is 30.3 Å². The number of nitrogens with zero attached hydrogens (tertiary/aromatic N) is 2. The van der Waals surface area contributed by atoms with Crippen LogP contribution in [0.1, 0.15) is 32.6 Å². The molecule has 1 aliphatic heterocycles. The van der Waals surface area contributed by atoms with E-state index in [0.717, 1.165) is 31.4 Å². The van der Waals surface area contributed by atoms with E-state index in [9.17, 15) is 14.4 Å². The molecule has 1 N–H and O–H groups in total. The number of rotatable bonds is 6. The Morgan fingerprint density at radius 1 is 1.03 bits per heavy atom. The average molecular weight is 421 g/mol. The molecule has 2 atom stereocenters. The number of hydrogen-bond acceptors (Lipinski definition) is 4. The Balaban J connectivity index is 1.52. The molecular formula is C24H27N3O4. The Kier molecular flexibility index (Phi) is 6.21. The van der Waals surface area contributed by atoms with E-state index in [4.69, 9.17) is 4.74 Å². The molecule has 1 aliphatic carbocycles. The van der Waals surface area contributed by atoms with Gasteiger partial charge in [0.15, 0.2) is 0 Å². The summed E-state index contributed by atoms with van der Waals surface area (Å²) in [6.07, 6.45) is 3.37. The molecule has 2 aliphatic rings. The van der Waals surface area contributed by atoms with Crippen molar-refractivity contribution in [3.05, 3.63) is 54.6 Å². The molecule has 2 fully saturated rings. The molecule has 4 rings (SSSR count). The molecule has 7 nitrogen and oxygen atoms in total. The average Bonchev–Trinajstić information content (AvgIpc) is 2.79. The van der Waals surface area contributed by atoms with Crippen LogP contribution in [-0.2, 0) is 9.59 Å². The number of urea groups is 1. The van der Waals surface area contributed by atoms with Gasteiger partial charge >= 0.3 is 6.03 Å². The monoisotopic (exact) mass is 421 g/mol. The van der Waals surface area contributed by atoms with Crippen molar-refractivity contribution < 1.29 is 19.1 Å². The van der Waals surface area contributed by atoms with Gasteiger partial charge in [-0.3, -0.25) is 9.59 Å². The maximum Gasteiger partial charge on any atom is 0.332 e. The van der Waals surface area contributed by atoms with Crippen molar-refractivity contribution in [1.29, 1.82) is 0 Å². The third kappa shape index (κ3) is 4.40. The Morgan fingerprint density at radius 2 is 1.74 bits per heavy atom. The van der Waals surface area contributed by atoms with Crippen molar-refractivity contribution >= 4 is 29.2 Å². The van der Waals surface area contributed by atoms with E-state index in [1.54, 1.807) is 53.4 Å². The van der Waals surface area contributed by atoms with E-state index >= 15 is 0 Å².